The molecule has 3 unspecified atom stereocenters. The molecule has 0 bridgehead atoms. The minimum absolute atomic E-state index is 0.526. The first-order chi connectivity index (χ1) is 7.25. The van der Waals surface area contributed by atoms with Crippen LogP contribution < -0.4 is 0 Å². The second-order valence-corrected chi connectivity index (χ2v) is 8.45. The standard InChI is InChI=1S/C11H22O3Si/c1-4-7-15(12-2,13-3)9-5-6-10-11(8-9)14-10/h9-11H,4-8H2,1-3H3. The highest BCUT2D eigenvalue weighted by Gasteiger charge is 2.52. The van der Waals surface area contributed by atoms with Gasteiger partial charge in [0, 0.05) is 19.8 Å². The van der Waals surface area contributed by atoms with E-state index in [1.54, 1.807) is 0 Å². The molecule has 1 aliphatic carbocycles. The van der Waals surface area contributed by atoms with Crippen LogP contribution in [0, 0.1) is 0 Å². The normalized spacial score (nSPS) is 35.0. The average molecular weight is 230 g/mol. The van der Waals surface area contributed by atoms with Crippen molar-refractivity contribution in [3.63, 3.8) is 0 Å². The van der Waals surface area contributed by atoms with Crippen LogP contribution in [-0.4, -0.2) is 35.0 Å². The van der Waals surface area contributed by atoms with Gasteiger partial charge in [0.05, 0.1) is 12.2 Å². The molecule has 0 aromatic carbocycles. The molecule has 1 heterocycles. The van der Waals surface area contributed by atoms with Crippen molar-refractivity contribution in [2.45, 2.75) is 56.4 Å². The Morgan fingerprint density at radius 1 is 1.20 bits per heavy atom. The smallest absolute Gasteiger partial charge is 0.340 e. The van der Waals surface area contributed by atoms with Crippen molar-refractivity contribution in [2.24, 2.45) is 0 Å². The molecule has 3 nitrogen and oxygen atoms in total. The van der Waals surface area contributed by atoms with Crippen LogP contribution in [0.5, 0.6) is 0 Å². The maximum absolute atomic E-state index is 5.79. The number of hydrogen-bond acceptors (Lipinski definition) is 3. The van der Waals surface area contributed by atoms with E-state index in [9.17, 15) is 0 Å². The van der Waals surface area contributed by atoms with Crippen LogP contribution in [0.25, 0.3) is 0 Å². The Bertz CT molecular complexity index is 218. The summed E-state index contributed by atoms with van der Waals surface area (Å²) in [4.78, 5) is 0. The molecule has 0 radical (unpaired) electrons. The second kappa shape index (κ2) is 4.53. The first-order valence-electron chi connectivity index (χ1n) is 6.01. The number of epoxide rings is 1. The minimum atomic E-state index is -1.94. The van der Waals surface area contributed by atoms with Gasteiger partial charge < -0.3 is 13.6 Å². The molecule has 2 rings (SSSR count). The molecule has 1 saturated heterocycles. The van der Waals surface area contributed by atoms with Gasteiger partial charge in [-0.3, -0.25) is 0 Å². The fourth-order valence-electron chi connectivity index (χ4n) is 2.98. The Morgan fingerprint density at radius 3 is 2.47 bits per heavy atom. The molecule has 0 N–H and O–H groups in total. The van der Waals surface area contributed by atoms with Crippen molar-refractivity contribution < 1.29 is 13.6 Å². The van der Waals surface area contributed by atoms with Gasteiger partial charge in [-0.2, -0.15) is 0 Å². The molecule has 15 heavy (non-hydrogen) atoms. The summed E-state index contributed by atoms with van der Waals surface area (Å²) in [6, 6.07) is 1.11. The zero-order chi connectivity index (χ0) is 10.9. The maximum Gasteiger partial charge on any atom is 0.340 e. The van der Waals surface area contributed by atoms with Gasteiger partial charge in [0.1, 0.15) is 0 Å². The van der Waals surface area contributed by atoms with Crippen molar-refractivity contribution in [3.05, 3.63) is 0 Å². The van der Waals surface area contributed by atoms with Crippen LogP contribution >= 0.6 is 0 Å². The molecule has 1 saturated carbocycles. The Balaban J connectivity index is 2.01. The lowest BCUT2D eigenvalue weighted by molar-refractivity contribution is 0.218. The van der Waals surface area contributed by atoms with Gasteiger partial charge in [0.15, 0.2) is 0 Å². The van der Waals surface area contributed by atoms with Gasteiger partial charge in [-0.25, -0.2) is 0 Å². The van der Waals surface area contributed by atoms with Gasteiger partial charge in [0.2, 0.25) is 0 Å². The third-order valence-electron chi connectivity index (χ3n) is 3.92. The Morgan fingerprint density at radius 2 is 1.93 bits per heavy atom. The van der Waals surface area contributed by atoms with E-state index in [2.05, 4.69) is 6.92 Å². The van der Waals surface area contributed by atoms with Crippen LogP contribution in [0.1, 0.15) is 32.6 Å². The predicted octanol–water partition coefficient (Wildman–Crippen LogP) is 2.45. The van der Waals surface area contributed by atoms with Gasteiger partial charge >= 0.3 is 8.56 Å². The second-order valence-electron chi connectivity index (χ2n) is 4.69. The largest absolute Gasteiger partial charge is 0.397 e. The molecule has 88 valence electrons. The summed E-state index contributed by atoms with van der Waals surface area (Å²) in [6.07, 6.45) is 5.86. The van der Waals surface area contributed by atoms with Crippen LogP contribution in [0.3, 0.4) is 0 Å². The quantitative estimate of drug-likeness (QED) is 0.537. The van der Waals surface area contributed by atoms with Crippen molar-refractivity contribution >= 4 is 8.56 Å². The number of fused-ring (bicyclic) bond motifs is 1. The summed E-state index contributed by atoms with van der Waals surface area (Å²) in [6.45, 7) is 2.21. The molecule has 4 heteroatoms. The van der Waals surface area contributed by atoms with E-state index < -0.39 is 8.56 Å². The van der Waals surface area contributed by atoms with E-state index in [0.29, 0.717) is 17.7 Å². The SMILES string of the molecule is CCC[Si](OC)(OC)C1CCC2OC2C1. The monoisotopic (exact) mass is 230 g/mol. The molecular weight excluding hydrogens is 208 g/mol. The summed E-state index contributed by atoms with van der Waals surface area (Å²) in [5.41, 5.74) is 0.635. The number of ether oxygens (including phenoxy) is 1. The summed E-state index contributed by atoms with van der Waals surface area (Å²) < 4.78 is 17.2. The molecule has 2 fully saturated rings. The van der Waals surface area contributed by atoms with Crippen molar-refractivity contribution in [3.8, 4) is 0 Å². The van der Waals surface area contributed by atoms with Gasteiger partial charge in [0.25, 0.3) is 0 Å². The van der Waals surface area contributed by atoms with E-state index >= 15 is 0 Å². The van der Waals surface area contributed by atoms with Crippen molar-refractivity contribution in [2.75, 3.05) is 14.2 Å². The summed E-state index contributed by atoms with van der Waals surface area (Å²) in [5.74, 6) is 0. The van der Waals surface area contributed by atoms with E-state index in [4.69, 9.17) is 13.6 Å². The molecule has 3 atom stereocenters. The molecule has 0 spiro atoms. The highest BCUT2D eigenvalue weighted by molar-refractivity contribution is 6.69. The number of rotatable bonds is 5. The van der Waals surface area contributed by atoms with Crippen LogP contribution in [0.15, 0.2) is 0 Å². The van der Waals surface area contributed by atoms with Crippen molar-refractivity contribution in [1.29, 1.82) is 0 Å². The highest BCUT2D eigenvalue weighted by atomic mass is 28.4. The summed E-state index contributed by atoms with van der Waals surface area (Å²) >= 11 is 0. The fraction of sp³-hybridized carbons (Fsp3) is 1.00. The Labute approximate surface area is 93.3 Å². The van der Waals surface area contributed by atoms with Gasteiger partial charge in [-0.1, -0.05) is 13.3 Å². The van der Waals surface area contributed by atoms with Gasteiger partial charge in [-0.05, 0) is 25.3 Å². The molecule has 0 aromatic heterocycles. The van der Waals surface area contributed by atoms with E-state index in [-0.39, 0.29) is 0 Å². The minimum Gasteiger partial charge on any atom is -0.397 e. The first kappa shape index (κ1) is 11.6. The third kappa shape index (κ3) is 2.13. The van der Waals surface area contributed by atoms with Crippen LogP contribution in [0.4, 0.5) is 0 Å². The zero-order valence-electron chi connectivity index (χ0n) is 9.99. The Hall–Kier alpha value is 0.0969. The van der Waals surface area contributed by atoms with Crippen LogP contribution in [-0.2, 0) is 13.6 Å². The average Bonchev–Trinajstić information content (AvgIpc) is 3.04. The molecule has 0 aromatic rings. The maximum atomic E-state index is 5.79. The fourth-order valence-corrected chi connectivity index (χ4v) is 6.52. The van der Waals surface area contributed by atoms with E-state index in [1.807, 2.05) is 14.2 Å². The molecule has 2 aliphatic rings. The molecular formula is C11H22O3Si. The molecule has 0 amide bonds. The summed E-state index contributed by atoms with van der Waals surface area (Å²) in [7, 11) is 1.71. The van der Waals surface area contributed by atoms with Crippen LogP contribution in [0.2, 0.25) is 11.6 Å². The van der Waals surface area contributed by atoms with Crippen molar-refractivity contribution in [1.82, 2.24) is 0 Å². The van der Waals surface area contributed by atoms with Gasteiger partial charge in [-0.15, -0.1) is 0 Å². The highest BCUT2D eigenvalue weighted by Crippen LogP contribution is 2.47. The number of hydrogen-bond donors (Lipinski definition) is 0. The van der Waals surface area contributed by atoms with E-state index in [0.717, 1.165) is 12.5 Å². The van der Waals surface area contributed by atoms with E-state index in [1.165, 1.54) is 19.3 Å². The molecule has 1 aliphatic heterocycles. The Kier molecular flexibility index (Phi) is 3.50. The first-order valence-corrected chi connectivity index (χ1v) is 8.11. The predicted molar refractivity (Wildman–Crippen MR) is 61.1 cm³/mol. The third-order valence-corrected chi connectivity index (χ3v) is 8.26. The summed E-state index contributed by atoms with van der Waals surface area (Å²) in [5, 5.41) is 0. The topological polar surface area (TPSA) is 31.0 Å². The lowest BCUT2D eigenvalue weighted by atomic mass is 10.0. The zero-order valence-corrected chi connectivity index (χ0v) is 11.0. The lowest BCUT2D eigenvalue weighted by Gasteiger charge is -2.36. The lowest BCUT2D eigenvalue weighted by Crippen LogP contribution is -2.46.